The first-order valence-electron chi connectivity index (χ1n) is 6.43. The maximum atomic E-state index is 12.5. The van der Waals surface area contributed by atoms with E-state index < -0.39 is 0 Å². The maximum absolute atomic E-state index is 12.5. The van der Waals surface area contributed by atoms with Crippen molar-refractivity contribution in [3.8, 4) is 0 Å². The Balaban J connectivity index is 1.88. The molecule has 0 aliphatic carbocycles. The van der Waals surface area contributed by atoms with Crippen LogP contribution in [-0.2, 0) is 13.0 Å². The van der Waals surface area contributed by atoms with Gasteiger partial charge in [-0.2, -0.15) is 0 Å². The fourth-order valence-electron chi connectivity index (χ4n) is 2.43. The van der Waals surface area contributed by atoms with E-state index in [2.05, 4.69) is 11.1 Å². The van der Waals surface area contributed by atoms with Crippen LogP contribution >= 0.6 is 11.6 Å². The summed E-state index contributed by atoms with van der Waals surface area (Å²) < 4.78 is 0. The van der Waals surface area contributed by atoms with E-state index in [0.717, 1.165) is 6.42 Å². The van der Waals surface area contributed by atoms with Crippen LogP contribution in [-0.4, -0.2) is 22.3 Å². The van der Waals surface area contributed by atoms with E-state index >= 15 is 0 Å². The third-order valence-electron chi connectivity index (χ3n) is 3.49. The van der Waals surface area contributed by atoms with Crippen molar-refractivity contribution in [2.75, 3.05) is 12.3 Å². The SMILES string of the molecule is Nc1ccc(Cl)c(C(=O)N2CCc3ccccc3C2)n1. The summed E-state index contributed by atoms with van der Waals surface area (Å²) in [7, 11) is 0. The molecule has 1 amide bonds. The molecule has 2 heterocycles. The normalized spacial score (nSPS) is 13.9. The number of hydrogen-bond donors (Lipinski definition) is 1. The number of nitrogen functional groups attached to an aromatic ring is 1. The van der Waals surface area contributed by atoms with Crippen LogP contribution in [0, 0.1) is 0 Å². The molecule has 1 aliphatic rings. The zero-order valence-electron chi connectivity index (χ0n) is 10.8. The van der Waals surface area contributed by atoms with Gasteiger partial charge >= 0.3 is 0 Å². The zero-order valence-corrected chi connectivity index (χ0v) is 11.6. The van der Waals surface area contributed by atoms with E-state index in [9.17, 15) is 4.79 Å². The van der Waals surface area contributed by atoms with Crippen molar-refractivity contribution in [1.29, 1.82) is 0 Å². The molecule has 0 bridgehead atoms. The van der Waals surface area contributed by atoms with Crippen molar-refractivity contribution in [2.45, 2.75) is 13.0 Å². The van der Waals surface area contributed by atoms with Crippen molar-refractivity contribution in [1.82, 2.24) is 9.88 Å². The molecule has 0 fully saturated rings. The summed E-state index contributed by atoms with van der Waals surface area (Å²) in [6.07, 6.45) is 0.849. The summed E-state index contributed by atoms with van der Waals surface area (Å²) in [5.41, 5.74) is 8.33. The molecule has 20 heavy (non-hydrogen) atoms. The summed E-state index contributed by atoms with van der Waals surface area (Å²) in [5, 5.41) is 0.336. The standard InChI is InChI=1S/C15H14ClN3O/c16-12-5-6-13(17)18-14(12)15(20)19-8-7-10-3-1-2-4-11(10)9-19/h1-6H,7-9H2,(H2,17,18). The van der Waals surface area contributed by atoms with Gasteiger partial charge in [-0.25, -0.2) is 4.98 Å². The van der Waals surface area contributed by atoms with Gasteiger partial charge < -0.3 is 10.6 Å². The van der Waals surface area contributed by atoms with Crippen molar-refractivity contribution in [2.24, 2.45) is 0 Å². The highest BCUT2D eigenvalue weighted by Crippen LogP contribution is 2.22. The largest absolute Gasteiger partial charge is 0.384 e. The van der Waals surface area contributed by atoms with Crippen molar-refractivity contribution < 1.29 is 4.79 Å². The number of fused-ring (bicyclic) bond motifs is 1. The van der Waals surface area contributed by atoms with Gasteiger partial charge in [0.2, 0.25) is 0 Å². The predicted molar refractivity (Wildman–Crippen MR) is 78.5 cm³/mol. The Hall–Kier alpha value is -2.07. The summed E-state index contributed by atoms with van der Waals surface area (Å²) >= 11 is 6.04. The Kier molecular flexibility index (Phi) is 3.32. The van der Waals surface area contributed by atoms with Crippen LogP contribution in [0.2, 0.25) is 5.02 Å². The molecule has 2 aromatic rings. The summed E-state index contributed by atoms with van der Waals surface area (Å²) in [6.45, 7) is 1.25. The predicted octanol–water partition coefficient (Wildman–Crippen LogP) is 2.52. The molecular formula is C15H14ClN3O. The van der Waals surface area contributed by atoms with E-state index in [-0.39, 0.29) is 11.6 Å². The number of carbonyl (C=O) groups excluding carboxylic acids is 1. The molecule has 2 N–H and O–H groups in total. The van der Waals surface area contributed by atoms with Crippen LogP contribution in [0.4, 0.5) is 5.82 Å². The number of halogens is 1. The fraction of sp³-hybridized carbons (Fsp3) is 0.200. The van der Waals surface area contributed by atoms with Gasteiger partial charge in [-0.3, -0.25) is 4.79 Å². The Morgan fingerprint density at radius 2 is 1.95 bits per heavy atom. The number of benzene rings is 1. The quantitative estimate of drug-likeness (QED) is 0.877. The lowest BCUT2D eigenvalue weighted by molar-refractivity contribution is 0.0729. The second kappa shape index (κ2) is 5.13. The lowest BCUT2D eigenvalue weighted by Gasteiger charge is -2.28. The van der Waals surface area contributed by atoms with Crippen LogP contribution < -0.4 is 5.73 Å². The monoisotopic (exact) mass is 287 g/mol. The second-order valence-corrected chi connectivity index (χ2v) is 5.22. The minimum absolute atomic E-state index is 0.170. The molecule has 0 atom stereocenters. The maximum Gasteiger partial charge on any atom is 0.274 e. The average Bonchev–Trinajstić information content (AvgIpc) is 2.48. The van der Waals surface area contributed by atoms with Gasteiger partial charge in [-0.05, 0) is 29.7 Å². The van der Waals surface area contributed by atoms with Crippen molar-refractivity contribution >= 4 is 23.3 Å². The molecule has 1 aromatic carbocycles. The van der Waals surface area contributed by atoms with E-state index in [0.29, 0.717) is 23.9 Å². The molecule has 102 valence electrons. The summed E-state index contributed by atoms with van der Waals surface area (Å²) in [5.74, 6) is 0.131. The Morgan fingerprint density at radius 3 is 2.75 bits per heavy atom. The summed E-state index contributed by atoms with van der Waals surface area (Å²) in [4.78, 5) is 18.3. The van der Waals surface area contributed by atoms with Gasteiger partial charge in [0.05, 0.1) is 5.02 Å². The fourth-order valence-corrected chi connectivity index (χ4v) is 2.61. The van der Waals surface area contributed by atoms with Gasteiger partial charge in [0.1, 0.15) is 11.5 Å². The van der Waals surface area contributed by atoms with E-state index in [1.54, 1.807) is 17.0 Å². The number of carbonyl (C=O) groups is 1. The number of hydrogen-bond acceptors (Lipinski definition) is 3. The lowest BCUT2D eigenvalue weighted by atomic mass is 10.00. The van der Waals surface area contributed by atoms with Crippen molar-refractivity contribution in [3.63, 3.8) is 0 Å². The molecule has 0 unspecified atom stereocenters. The third-order valence-corrected chi connectivity index (χ3v) is 3.79. The number of rotatable bonds is 1. The van der Waals surface area contributed by atoms with Gasteiger partial charge in [0.25, 0.3) is 5.91 Å². The second-order valence-electron chi connectivity index (χ2n) is 4.81. The number of pyridine rings is 1. The number of anilines is 1. The topological polar surface area (TPSA) is 59.2 Å². The Labute approximate surface area is 122 Å². The third kappa shape index (κ3) is 2.34. The van der Waals surface area contributed by atoms with Gasteiger partial charge in [-0.15, -0.1) is 0 Å². The highest BCUT2D eigenvalue weighted by atomic mass is 35.5. The first kappa shape index (κ1) is 12.9. The number of nitrogens with zero attached hydrogens (tertiary/aromatic N) is 2. The molecule has 0 spiro atoms. The number of aromatic nitrogens is 1. The molecule has 5 heteroatoms. The van der Waals surface area contributed by atoms with Crippen LogP contribution in [0.3, 0.4) is 0 Å². The molecule has 0 saturated heterocycles. The highest BCUT2D eigenvalue weighted by molar-refractivity contribution is 6.33. The van der Waals surface area contributed by atoms with Crippen LogP contribution in [0.5, 0.6) is 0 Å². The first-order chi connectivity index (χ1) is 9.65. The first-order valence-corrected chi connectivity index (χ1v) is 6.81. The minimum atomic E-state index is -0.170. The molecule has 1 aromatic heterocycles. The van der Waals surface area contributed by atoms with E-state index in [1.165, 1.54) is 11.1 Å². The average molecular weight is 288 g/mol. The van der Waals surface area contributed by atoms with Crippen LogP contribution in [0.1, 0.15) is 21.6 Å². The Bertz CT molecular complexity index is 672. The molecule has 0 saturated carbocycles. The van der Waals surface area contributed by atoms with Gasteiger partial charge in [0.15, 0.2) is 0 Å². The molecule has 3 rings (SSSR count). The van der Waals surface area contributed by atoms with E-state index in [4.69, 9.17) is 17.3 Å². The molecule has 0 radical (unpaired) electrons. The molecular weight excluding hydrogens is 274 g/mol. The lowest BCUT2D eigenvalue weighted by Crippen LogP contribution is -2.36. The number of nitrogens with two attached hydrogens (primary N) is 1. The van der Waals surface area contributed by atoms with Gasteiger partial charge in [-0.1, -0.05) is 35.9 Å². The van der Waals surface area contributed by atoms with Gasteiger partial charge in [0, 0.05) is 13.1 Å². The van der Waals surface area contributed by atoms with E-state index in [1.807, 2.05) is 18.2 Å². The molecule has 1 aliphatic heterocycles. The summed E-state index contributed by atoms with van der Waals surface area (Å²) in [6, 6.07) is 11.3. The smallest absolute Gasteiger partial charge is 0.274 e. The highest BCUT2D eigenvalue weighted by Gasteiger charge is 2.24. The molecule has 4 nitrogen and oxygen atoms in total. The Morgan fingerprint density at radius 1 is 1.20 bits per heavy atom. The van der Waals surface area contributed by atoms with Crippen LogP contribution in [0.15, 0.2) is 36.4 Å². The van der Waals surface area contributed by atoms with Crippen LogP contribution in [0.25, 0.3) is 0 Å². The zero-order chi connectivity index (χ0) is 14.1. The minimum Gasteiger partial charge on any atom is -0.384 e. The number of amides is 1. The van der Waals surface area contributed by atoms with Crippen molar-refractivity contribution in [3.05, 3.63) is 58.2 Å².